The molecule has 0 saturated carbocycles. The number of methoxy groups -OCH3 is 2. The highest BCUT2D eigenvalue weighted by molar-refractivity contribution is 5.76. The van der Waals surface area contributed by atoms with Crippen molar-refractivity contribution in [2.24, 2.45) is 0 Å². The van der Waals surface area contributed by atoms with Gasteiger partial charge in [-0.3, -0.25) is 0 Å². The molecule has 3 rings (SSSR count). The number of ether oxygens (including phenoxy) is 4. The van der Waals surface area contributed by atoms with Gasteiger partial charge in [0.15, 0.2) is 0 Å². The number of carbonyl (C=O) groups excluding carboxylic acids is 1. The van der Waals surface area contributed by atoms with Gasteiger partial charge in [0.2, 0.25) is 5.75 Å². The number of anilines is 1. The van der Waals surface area contributed by atoms with E-state index in [0.717, 1.165) is 36.5 Å². The monoisotopic (exact) mass is 456 g/mol. The minimum absolute atomic E-state index is 0.0696. The summed E-state index contributed by atoms with van der Waals surface area (Å²) in [6.45, 7) is 9.58. The molecule has 180 valence electrons. The maximum atomic E-state index is 11.4. The number of carbonyl (C=O) groups is 1. The number of Topliss-reactive ketones (excluding diaryl/α,β-unsaturated/α-hetero) is 1. The van der Waals surface area contributed by atoms with Gasteiger partial charge in [0.1, 0.15) is 24.2 Å². The van der Waals surface area contributed by atoms with Gasteiger partial charge < -0.3 is 28.6 Å². The summed E-state index contributed by atoms with van der Waals surface area (Å²) in [7, 11) is 3.29. The van der Waals surface area contributed by atoms with Crippen molar-refractivity contribution in [3.8, 4) is 17.4 Å². The van der Waals surface area contributed by atoms with Crippen molar-refractivity contribution in [1.29, 1.82) is 0 Å². The van der Waals surface area contributed by atoms with Crippen LogP contribution < -0.4 is 19.1 Å². The van der Waals surface area contributed by atoms with E-state index in [0.29, 0.717) is 24.7 Å². The largest absolute Gasteiger partial charge is 0.490 e. The van der Waals surface area contributed by atoms with E-state index in [4.69, 9.17) is 18.9 Å². The zero-order valence-corrected chi connectivity index (χ0v) is 20.6. The lowest BCUT2D eigenvalue weighted by Gasteiger charge is -2.25. The summed E-state index contributed by atoms with van der Waals surface area (Å²) < 4.78 is 23.3. The number of hydrogen-bond donors (Lipinski definition) is 0. The summed E-state index contributed by atoms with van der Waals surface area (Å²) in [5.74, 6) is 2.33. The predicted molar refractivity (Wildman–Crippen MR) is 129 cm³/mol. The van der Waals surface area contributed by atoms with E-state index in [2.05, 4.69) is 16.8 Å². The number of aromatic nitrogens is 1. The smallest absolute Gasteiger partial charge is 0.259 e. The van der Waals surface area contributed by atoms with Crippen molar-refractivity contribution < 1.29 is 23.7 Å². The molecule has 1 aliphatic rings. The van der Waals surface area contributed by atoms with Gasteiger partial charge in [-0.15, -0.1) is 0 Å². The maximum absolute atomic E-state index is 11.4. The summed E-state index contributed by atoms with van der Waals surface area (Å²) in [6.07, 6.45) is 3.27. The van der Waals surface area contributed by atoms with Gasteiger partial charge in [-0.25, -0.2) is 4.98 Å². The van der Waals surface area contributed by atoms with E-state index in [-0.39, 0.29) is 17.8 Å². The van der Waals surface area contributed by atoms with Crippen molar-refractivity contribution in [3.63, 3.8) is 0 Å². The molecule has 1 aromatic carbocycles. The van der Waals surface area contributed by atoms with Crippen LogP contribution in [-0.4, -0.2) is 56.4 Å². The Morgan fingerprint density at radius 2 is 1.94 bits per heavy atom. The molecule has 0 N–H and O–H groups in total. The lowest BCUT2D eigenvalue weighted by Crippen LogP contribution is -2.31. The zero-order chi connectivity index (χ0) is 24.0. The molecule has 1 fully saturated rings. The molecule has 1 aliphatic heterocycles. The first-order valence-electron chi connectivity index (χ1n) is 11.4. The van der Waals surface area contributed by atoms with Crippen LogP contribution in [0.5, 0.6) is 17.4 Å². The van der Waals surface area contributed by atoms with Gasteiger partial charge in [0.25, 0.3) is 5.88 Å². The van der Waals surface area contributed by atoms with Crippen LogP contribution in [-0.2, 0) is 9.53 Å². The van der Waals surface area contributed by atoms with Gasteiger partial charge in [-0.2, -0.15) is 0 Å². The third-order valence-corrected chi connectivity index (χ3v) is 6.00. The Bertz CT molecular complexity index is 929. The number of pyridine rings is 1. The molecule has 33 heavy (non-hydrogen) atoms. The molecule has 1 saturated heterocycles. The van der Waals surface area contributed by atoms with Crippen LogP contribution in [0.25, 0.3) is 0 Å². The molecule has 2 heterocycles. The molecule has 2 aromatic rings. The Hall–Kier alpha value is -2.80. The molecule has 0 aliphatic carbocycles. The van der Waals surface area contributed by atoms with Crippen molar-refractivity contribution in [3.05, 3.63) is 42.1 Å². The van der Waals surface area contributed by atoms with Crippen LogP contribution in [0.15, 0.2) is 36.5 Å². The van der Waals surface area contributed by atoms with E-state index in [1.54, 1.807) is 27.3 Å². The maximum Gasteiger partial charge on any atom is 0.259 e. The van der Waals surface area contributed by atoms with Crippen molar-refractivity contribution in [1.82, 2.24) is 4.98 Å². The second-order valence-electron chi connectivity index (χ2n) is 9.27. The lowest BCUT2D eigenvalue weighted by molar-refractivity contribution is -0.117. The molecule has 0 spiro atoms. The summed E-state index contributed by atoms with van der Waals surface area (Å²) in [4.78, 5) is 18.0. The minimum Gasteiger partial charge on any atom is -0.490 e. The van der Waals surface area contributed by atoms with Crippen molar-refractivity contribution in [2.45, 2.75) is 58.2 Å². The van der Waals surface area contributed by atoms with Crippen LogP contribution in [0, 0.1) is 0 Å². The van der Waals surface area contributed by atoms with Gasteiger partial charge >= 0.3 is 0 Å². The van der Waals surface area contributed by atoms with E-state index >= 15 is 0 Å². The molecular weight excluding hydrogens is 420 g/mol. The van der Waals surface area contributed by atoms with Crippen LogP contribution >= 0.6 is 0 Å². The first-order chi connectivity index (χ1) is 15.7. The van der Waals surface area contributed by atoms with E-state index < -0.39 is 5.60 Å². The van der Waals surface area contributed by atoms with Gasteiger partial charge in [0.05, 0.1) is 24.9 Å². The third-order valence-electron chi connectivity index (χ3n) is 6.00. The first-order valence-corrected chi connectivity index (χ1v) is 11.4. The average Bonchev–Trinajstić information content (AvgIpc) is 3.25. The molecule has 2 atom stereocenters. The average molecular weight is 457 g/mol. The lowest BCUT2D eigenvalue weighted by atomic mass is 9.96. The van der Waals surface area contributed by atoms with Crippen LogP contribution in [0.1, 0.15) is 52.0 Å². The zero-order valence-electron chi connectivity index (χ0n) is 20.6. The van der Waals surface area contributed by atoms with Crippen molar-refractivity contribution >= 4 is 11.5 Å². The molecule has 1 aromatic heterocycles. The second kappa shape index (κ2) is 10.9. The SMILES string of the molecule is COc1c(N2CC[C@@H](Oc3ccc([C@H](C)CC(C)=O)cc3)C2)ccnc1OCC(C)(C)OC. The Morgan fingerprint density at radius 3 is 2.58 bits per heavy atom. The second-order valence-corrected chi connectivity index (χ2v) is 9.27. The molecule has 0 radical (unpaired) electrons. The highest BCUT2D eigenvalue weighted by Crippen LogP contribution is 2.38. The molecule has 0 bridgehead atoms. The number of benzene rings is 1. The normalized spacial score (nSPS) is 17.0. The summed E-state index contributed by atoms with van der Waals surface area (Å²) in [5, 5.41) is 0. The molecule has 7 heteroatoms. The van der Waals surface area contributed by atoms with E-state index in [1.807, 2.05) is 44.2 Å². The molecule has 0 amide bonds. The van der Waals surface area contributed by atoms with Crippen LogP contribution in [0.3, 0.4) is 0 Å². The van der Waals surface area contributed by atoms with E-state index in [1.165, 1.54) is 0 Å². The van der Waals surface area contributed by atoms with E-state index in [9.17, 15) is 4.79 Å². The summed E-state index contributed by atoms with van der Waals surface area (Å²) in [5.41, 5.74) is 1.67. The molecular formula is C26H36N2O5. The number of nitrogens with zero attached hydrogens (tertiary/aromatic N) is 2. The first kappa shape index (κ1) is 24.8. The third kappa shape index (κ3) is 6.60. The fourth-order valence-corrected chi connectivity index (χ4v) is 3.92. The van der Waals surface area contributed by atoms with Gasteiger partial charge in [-0.1, -0.05) is 19.1 Å². The molecule has 0 unspecified atom stereocenters. The highest BCUT2D eigenvalue weighted by Gasteiger charge is 2.28. The quantitative estimate of drug-likeness (QED) is 0.488. The minimum atomic E-state index is -0.422. The predicted octanol–water partition coefficient (Wildman–Crippen LogP) is 4.63. The Balaban J connectivity index is 1.63. The standard InChI is InChI=1S/C26H36N2O5/c1-18(15-19(2)29)20-7-9-21(10-8-20)33-22-12-14-28(16-22)23-11-13-27-25(24(23)30-5)32-17-26(3,4)31-6/h7-11,13,18,22H,12,14-17H2,1-6H3/t18-,22-/m1/s1. The fraction of sp³-hybridized carbons (Fsp3) is 0.538. The van der Waals surface area contributed by atoms with Crippen LogP contribution in [0.2, 0.25) is 0 Å². The Kier molecular flexibility index (Phi) is 8.19. The summed E-state index contributed by atoms with van der Waals surface area (Å²) >= 11 is 0. The summed E-state index contributed by atoms with van der Waals surface area (Å²) in [6, 6.07) is 10.0. The molecule has 7 nitrogen and oxygen atoms in total. The topological polar surface area (TPSA) is 70.1 Å². The van der Waals surface area contributed by atoms with Crippen molar-refractivity contribution in [2.75, 3.05) is 38.8 Å². The highest BCUT2D eigenvalue weighted by atomic mass is 16.6. The fourth-order valence-electron chi connectivity index (χ4n) is 3.92. The van der Waals surface area contributed by atoms with Crippen LogP contribution in [0.4, 0.5) is 5.69 Å². The van der Waals surface area contributed by atoms with Gasteiger partial charge in [-0.05, 0) is 50.5 Å². The van der Waals surface area contributed by atoms with Gasteiger partial charge in [0, 0.05) is 32.7 Å². The Morgan fingerprint density at radius 1 is 1.21 bits per heavy atom. The number of rotatable bonds is 11. The number of hydrogen-bond acceptors (Lipinski definition) is 7. The number of ketones is 1. The Labute approximate surface area is 197 Å².